The molecule has 5 nitrogen and oxygen atoms in total. The highest BCUT2D eigenvalue weighted by molar-refractivity contribution is 5.84. The molecule has 0 radical (unpaired) electrons. The Morgan fingerprint density at radius 1 is 1.32 bits per heavy atom. The summed E-state index contributed by atoms with van der Waals surface area (Å²) in [5, 5.41) is 4.27. The van der Waals surface area contributed by atoms with Gasteiger partial charge in [-0.25, -0.2) is 4.79 Å². The van der Waals surface area contributed by atoms with E-state index in [1.54, 1.807) is 0 Å². The molecule has 1 aromatic carbocycles. The van der Waals surface area contributed by atoms with Crippen molar-refractivity contribution in [2.45, 2.75) is 38.8 Å². The third kappa shape index (κ3) is 3.93. The van der Waals surface area contributed by atoms with E-state index in [2.05, 4.69) is 34.4 Å². The highest BCUT2D eigenvalue weighted by atomic mass is 16.2. The van der Waals surface area contributed by atoms with Crippen LogP contribution in [-0.4, -0.2) is 54.0 Å². The first-order valence-corrected chi connectivity index (χ1v) is 9.04. The summed E-state index contributed by atoms with van der Waals surface area (Å²) in [5.74, 6) is 0. The van der Waals surface area contributed by atoms with E-state index in [1.807, 2.05) is 44.0 Å². The van der Waals surface area contributed by atoms with Crippen LogP contribution in [-0.2, 0) is 0 Å². The standard InChI is InChI=1S/C20H28N4O/c1-14-13-18(17-7-5-6-8-19(17)21-14)15(2)22-20(25)24(4)16-9-11-23(3)12-10-16/h5-8,13,15-16H,9-12H2,1-4H3,(H,22,25). The number of hydrogen-bond acceptors (Lipinski definition) is 3. The van der Waals surface area contributed by atoms with E-state index in [0.717, 1.165) is 48.1 Å². The van der Waals surface area contributed by atoms with Gasteiger partial charge in [-0.2, -0.15) is 0 Å². The maximum atomic E-state index is 12.7. The molecule has 25 heavy (non-hydrogen) atoms. The Balaban J connectivity index is 1.73. The van der Waals surface area contributed by atoms with Gasteiger partial charge in [0.05, 0.1) is 11.6 Å². The molecule has 0 bridgehead atoms. The quantitative estimate of drug-likeness (QED) is 0.932. The molecule has 1 aliphatic rings. The van der Waals surface area contributed by atoms with Crippen molar-refractivity contribution in [3.05, 3.63) is 41.6 Å². The van der Waals surface area contributed by atoms with Crippen molar-refractivity contribution in [2.75, 3.05) is 27.2 Å². The smallest absolute Gasteiger partial charge is 0.317 e. The van der Waals surface area contributed by atoms with E-state index in [1.165, 1.54) is 0 Å². The van der Waals surface area contributed by atoms with E-state index in [-0.39, 0.29) is 12.1 Å². The molecule has 2 aromatic rings. The number of carbonyl (C=O) groups excluding carboxylic acids is 1. The number of piperidine rings is 1. The predicted octanol–water partition coefficient (Wildman–Crippen LogP) is 3.34. The first kappa shape index (κ1) is 17.7. The topological polar surface area (TPSA) is 48.5 Å². The predicted molar refractivity (Wildman–Crippen MR) is 102 cm³/mol. The van der Waals surface area contributed by atoms with Gasteiger partial charge in [-0.15, -0.1) is 0 Å². The molecule has 1 fully saturated rings. The Morgan fingerprint density at radius 3 is 2.72 bits per heavy atom. The fraction of sp³-hybridized carbons (Fsp3) is 0.500. The number of nitrogens with zero attached hydrogens (tertiary/aromatic N) is 3. The zero-order valence-electron chi connectivity index (χ0n) is 15.6. The average Bonchev–Trinajstić information content (AvgIpc) is 2.60. The summed E-state index contributed by atoms with van der Waals surface area (Å²) in [6, 6.07) is 10.4. The Hall–Kier alpha value is -2.14. The summed E-state index contributed by atoms with van der Waals surface area (Å²) in [6.45, 7) is 6.13. The van der Waals surface area contributed by atoms with Gasteiger partial charge in [0.1, 0.15) is 0 Å². The Morgan fingerprint density at radius 2 is 2.00 bits per heavy atom. The van der Waals surface area contributed by atoms with E-state index in [9.17, 15) is 4.79 Å². The Labute approximate surface area is 150 Å². The molecule has 2 amide bonds. The van der Waals surface area contributed by atoms with Crippen molar-refractivity contribution in [2.24, 2.45) is 0 Å². The summed E-state index contributed by atoms with van der Waals surface area (Å²) < 4.78 is 0. The number of hydrogen-bond donors (Lipinski definition) is 1. The van der Waals surface area contributed by atoms with E-state index in [0.29, 0.717) is 6.04 Å². The van der Waals surface area contributed by atoms with E-state index in [4.69, 9.17) is 0 Å². The SMILES string of the molecule is Cc1cc(C(C)NC(=O)N(C)C2CCN(C)CC2)c2ccccc2n1. The van der Waals surface area contributed by atoms with Crippen molar-refractivity contribution in [1.29, 1.82) is 0 Å². The number of aryl methyl sites for hydroxylation is 1. The van der Waals surface area contributed by atoms with Gasteiger partial charge < -0.3 is 15.1 Å². The van der Waals surface area contributed by atoms with Gasteiger partial charge in [0.25, 0.3) is 0 Å². The number of para-hydroxylation sites is 1. The molecule has 3 rings (SSSR count). The van der Waals surface area contributed by atoms with Crippen LogP contribution >= 0.6 is 0 Å². The molecule has 1 unspecified atom stereocenters. The average molecular weight is 340 g/mol. The van der Waals surface area contributed by atoms with Gasteiger partial charge in [0.15, 0.2) is 0 Å². The lowest BCUT2D eigenvalue weighted by Crippen LogP contribution is -2.48. The summed E-state index contributed by atoms with van der Waals surface area (Å²) >= 11 is 0. The number of rotatable bonds is 3. The van der Waals surface area contributed by atoms with Gasteiger partial charge >= 0.3 is 6.03 Å². The minimum Gasteiger partial charge on any atom is -0.331 e. The molecule has 0 saturated carbocycles. The summed E-state index contributed by atoms with van der Waals surface area (Å²) in [6.07, 6.45) is 2.07. The molecular weight excluding hydrogens is 312 g/mol. The van der Waals surface area contributed by atoms with Crippen molar-refractivity contribution < 1.29 is 4.79 Å². The van der Waals surface area contributed by atoms with Crippen LogP contribution in [0, 0.1) is 6.92 Å². The van der Waals surface area contributed by atoms with Crippen molar-refractivity contribution in [1.82, 2.24) is 20.1 Å². The molecule has 5 heteroatoms. The lowest BCUT2D eigenvalue weighted by molar-refractivity contribution is 0.146. The van der Waals surface area contributed by atoms with Crippen LogP contribution in [0.2, 0.25) is 0 Å². The largest absolute Gasteiger partial charge is 0.331 e. The van der Waals surface area contributed by atoms with Crippen LogP contribution in [0.5, 0.6) is 0 Å². The molecule has 1 saturated heterocycles. The maximum absolute atomic E-state index is 12.7. The third-order valence-corrected chi connectivity index (χ3v) is 5.24. The molecule has 0 aliphatic carbocycles. The second kappa shape index (κ2) is 7.40. The normalized spacial score (nSPS) is 17.4. The number of urea groups is 1. The summed E-state index contributed by atoms with van der Waals surface area (Å²) in [7, 11) is 4.04. The molecule has 134 valence electrons. The van der Waals surface area contributed by atoms with Crippen LogP contribution in [0.1, 0.15) is 37.1 Å². The van der Waals surface area contributed by atoms with E-state index >= 15 is 0 Å². The van der Waals surface area contributed by atoms with Gasteiger partial charge in [-0.3, -0.25) is 4.98 Å². The van der Waals surface area contributed by atoms with Gasteiger partial charge in [0.2, 0.25) is 0 Å². The summed E-state index contributed by atoms with van der Waals surface area (Å²) in [5.41, 5.74) is 3.06. The van der Waals surface area contributed by atoms with Gasteiger partial charge in [-0.05, 0) is 64.5 Å². The third-order valence-electron chi connectivity index (χ3n) is 5.24. The van der Waals surface area contributed by atoms with Crippen LogP contribution in [0.15, 0.2) is 30.3 Å². The lowest BCUT2D eigenvalue weighted by Gasteiger charge is -2.35. The molecule has 1 aromatic heterocycles. The maximum Gasteiger partial charge on any atom is 0.317 e. The number of amides is 2. The van der Waals surface area contributed by atoms with Gasteiger partial charge in [0, 0.05) is 24.2 Å². The highest BCUT2D eigenvalue weighted by Crippen LogP contribution is 2.24. The summed E-state index contributed by atoms with van der Waals surface area (Å²) in [4.78, 5) is 21.5. The first-order chi connectivity index (χ1) is 12.0. The number of fused-ring (bicyclic) bond motifs is 1. The van der Waals surface area contributed by atoms with Crippen LogP contribution in [0.4, 0.5) is 4.79 Å². The molecular formula is C20H28N4O. The lowest BCUT2D eigenvalue weighted by atomic mass is 10.0. The van der Waals surface area contributed by atoms with E-state index < -0.39 is 0 Å². The van der Waals surface area contributed by atoms with Crippen LogP contribution in [0.25, 0.3) is 10.9 Å². The molecule has 1 N–H and O–H groups in total. The number of aromatic nitrogens is 1. The zero-order chi connectivity index (χ0) is 18.0. The molecule has 0 spiro atoms. The van der Waals surface area contributed by atoms with Gasteiger partial charge in [-0.1, -0.05) is 18.2 Å². The highest BCUT2D eigenvalue weighted by Gasteiger charge is 2.25. The minimum atomic E-state index is -0.0622. The number of nitrogens with one attached hydrogen (secondary N) is 1. The number of carbonyl (C=O) groups is 1. The van der Waals surface area contributed by atoms with Crippen molar-refractivity contribution in [3.8, 4) is 0 Å². The number of benzene rings is 1. The zero-order valence-corrected chi connectivity index (χ0v) is 15.6. The first-order valence-electron chi connectivity index (χ1n) is 9.04. The van der Waals surface area contributed by atoms with Crippen molar-refractivity contribution >= 4 is 16.9 Å². The molecule has 1 atom stereocenters. The fourth-order valence-electron chi connectivity index (χ4n) is 3.61. The fourth-order valence-corrected chi connectivity index (χ4v) is 3.61. The number of likely N-dealkylation sites (tertiary alicyclic amines) is 1. The minimum absolute atomic E-state index is 0.000555. The Bertz CT molecular complexity index is 752. The van der Waals surface area contributed by atoms with Crippen molar-refractivity contribution in [3.63, 3.8) is 0 Å². The number of pyridine rings is 1. The molecule has 2 heterocycles. The second-order valence-corrected chi connectivity index (χ2v) is 7.19. The monoisotopic (exact) mass is 340 g/mol. The Kier molecular flexibility index (Phi) is 5.23. The second-order valence-electron chi connectivity index (χ2n) is 7.19. The molecule has 1 aliphatic heterocycles. The van der Waals surface area contributed by atoms with Crippen LogP contribution < -0.4 is 5.32 Å². The van der Waals surface area contributed by atoms with Crippen LogP contribution in [0.3, 0.4) is 0 Å².